The highest BCUT2D eigenvalue weighted by molar-refractivity contribution is 7.93. The Morgan fingerprint density at radius 3 is 2.67 bits per heavy atom. The Bertz CT molecular complexity index is 548. The van der Waals surface area contributed by atoms with E-state index >= 15 is 0 Å². The second-order valence-electron chi connectivity index (χ2n) is 2.99. The number of hydrogen-bond donors (Lipinski definition) is 1. The molecule has 0 saturated carbocycles. The van der Waals surface area contributed by atoms with Crippen LogP contribution in [0, 0.1) is 0 Å². The van der Waals surface area contributed by atoms with Crippen LogP contribution in [0.4, 0.5) is 5.95 Å². The Hall–Kier alpha value is -1.61. The van der Waals surface area contributed by atoms with Crippen LogP contribution in [-0.4, -0.2) is 44.3 Å². The first-order valence-electron chi connectivity index (χ1n) is 4.52. The van der Waals surface area contributed by atoms with Gasteiger partial charge >= 0.3 is 5.97 Å². The molecule has 18 heavy (non-hydrogen) atoms. The normalized spacial score (nSPS) is 10.8. The maximum Gasteiger partial charge on any atom is 0.322 e. The van der Waals surface area contributed by atoms with E-state index in [0.29, 0.717) is 0 Å². The molecular weight excluding hydrogens is 286 g/mol. The second-order valence-corrected chi connectivity index (χ2v) is 5.10. The van der Waals surface area contributed by atoms with E-state index < -0.39 is 21.7 Å². The van der Waals surface area contributed by atoms with E-state index in [1.165, 1.54) is 13.2 Å². The van der Waals surface area contributed by atoms with E-state index in [-0.39, 0.29) is 17.0 Å². The van der Waals surface area contributed by atoms with E-state index in [9.17, 15) is 13.2 Å². The maximum atomic E-state index is 11.5. The third-order valence-electron chi connectivity index (χ3n) is 1.66. The predicted molar refractivity (Wildman–Crippen MR) is 63.0 cm³/mol. The van der Waals surface area contributed by atoms with Gasteiger partial charge in [-0.15, -0.1) is 0 Å². The molecule has 100 valence electrons. The molecule has 0 fully saturated rings. The van der Waals surface area contributed by atoms with Crippen LogP contribution in [-0.2, 0) is 19.6 Å². The Labute approximate surface area is 108 Å². The topological polar surface area (TPSA) is 107 Å². The van der Waals surface area contributed by atoms with Crippen LogP contribution in [0.15, 0.2) is 6.07 Å². The number of rotatable bonds is 5. The van der Waals surface area contributed by atoms with Gasteiger partial charge in [-0.1, -0.05) is 11.6 Å². The van der Waals surface area contributed by atoms with Crippen molar-refractivity contribution in [2.24, 2.45) is 0 Å². The number of carbonyl (C=O) groups excluding carboxylic acids is 1. The van der Waals surface area contributed by atoms with Gasteiger partial charge in [0.2, 0.25) is 21.9 Å². The zero-order chi connectivity index (χ0) is 13.8. The summed E-state index contributed by atoms with van der Waals surface area (Å²) in [5.41, 5.74) is 0. The van der Waals surface area contributed by atoms with Crippen molar-refractivity contribution < 1.29 is 22.7 Å². The first kappa shape index (κ1) is 14.5. The number of ether oxygens (including phenoxy) is 2. The number of aromatic nitrogens is 2. The van der Waals surface area contributed by atoms with Gasteiger partial charge in [0.15, 0.2) is 5.75 Å². The summed E-state index contributed by atoms with van der Waals surface area (Å²) < 4.78 is 34.0. The molecule has 1 heterocycles. The molecule has 1 rings (SSSR count). The van der Waals surface area contributed by atoms with Crippen molar-refractivity contribution in [1.29, 1.82) is 0 Å². The lowest BCUT2D eigenvalue weighted by Crippen LogP contribution is -2.24. The van der Waals surface area contributed by atoms with E-state index in [1.807, 2.05) is 4.72 Å². The van der Waals surface area contributed by atoms with Crippen molar-refractivity contribution in [2.45, 2.75) is 0 Å². The Kier molecular flexibility index (Phi) is 4.68. The van der Waals surface area contributed by atoms with Gasteiger partial charge in [0.05, 0.1) is 14.2 Å². The first-order chi connectivity index (χ1) is 8.36. The zero-order valence-corrected chi connectivity index (χ0v) is 11.1. The van der Waals surface area contributed by atoms with Crippen LogP contribution in [0.25, 0.3) is 0 Å². The third kappa shape index (κ3) is 4.34. The van der Waals surface area contributed by atoms with E-state index in [2.05, 4.69) is 14.7 Å². The maximum absolute atomic E-state index is 11.5. The molecule has 1 N–H and O–H groups in total. The molecule has 0 aliphatic heterocycles. The van der Waals surface area contributed by atoms with Crippen molar-refractivity contribution in [1.82, 2.24) is 9.97 Å². The Morgan fingerprint density at radius 1 is 1.44 bits per heavy atom. The minimum absolute atomic E-state index is 0.00221. The predicted octanol–water partition coefficient (Wildman–Crippen LogP) is 0.0533. The van der Waals surface area contributed by atoms with Gasteiger partial charge in [-0.3, -0.25) is 9.52 Å². The Balaban J connectivity index is 2.90. The second kappa shape index (κ2) is 5.83. The van der Waals surface area contributed by atoms with E-state index in [4.69, 9.17) is 16.3 Å². The standard InChI is InChI=1S/C8H10ClN3O5S/c1-16-6-3-5(9)10-8(11-6)12-18(14,15)4-7(13)17-2/h3H,4H2,1-2H3,(H,10,11,12). The van der Waals surface area contributed by atoms with Crippen LogP contribution in [0.5, 0.6) is 5.88 Å². The molecule has 0 radical (unpaired) electrons. The molecule has 10 heteroatoms. The number of hydrogen-bond acceptors (Lipinski definition) is 7. The molecule has 8 nitrogen and oxygen atoms in total. The highest BCUT2D eigenvalue weighted by Crippen LogP contribution is 2.16. The van der Waals surface area contributed by atoms with E-state index in [0.717, 1.165) is 7.11 Å². The minimum Gasteiger partial charge on any atom is -0.481 e. The quantitative estimate of drug-likeness (QED) is 0.604. The van der Waals surface area contributed by atoms with E-state index in [1.54, 1.807) is 0 Å². The summed E-state index contributed by atoms with van der Waals surface area (Å²) in [4.78, 5) is 18.2. The fourth-order valence-corrected chi connectivity index (χ4v) is 1.98. The summed E-state index contributed by atoms with van der Waals surface area (Å²) in [7, 11) is -1.53. The summed E-state index contributed by atoms with van der Waals surface area (Å²) in [6.45, 7) is 0. The SMILES string of the molecule is COC(=O)CS(=O)(=O)Nc1nc(Cl)cc(OC)n1. The summed E-state index contributed by atoms with van der Waals surface area (Å²) in [5.74, 6) is -1.95. The van der Waals surface area contributed by atoms with Gasteiger partial charge in [-0.25, -0.2) is 13.4 Å². The number of esters is 1. The average molecular weight is 296 g/mol. The van der Waals surface area contributed by atoms with Crippen LogP contribution in [0.2, 0.25) is 5.15 Å². The van der Waals surface area contributed by atoms with Crippen molar-refractivity contribution in [2.75, 3.05) is 24.7 Å². The minimum atomic E-state index is -3.95. The molecular formula is C8H10ClN3O5S. The molecule has 0 aliphatic rings. The van der Waals surface area contributed by atoms with Crippen molar-refractivity contribution in [3.63, 3.8) is 0 Å². The van der Waals surface area contributed by atoms with Gasteiger partial charge in [-0.2, -0.15) is 4.98 Å². The van der Waals surface area contributed by atoms with Crippen LogP contribution < -0.4 is 9.46 Å². The molecule has 0 unspecified atom stereocenters. The average Bonchev–Trinajstić information content (AvgIpc) is 2.26. The lowest BCUT2D eigenvalue weighted by Gasteiger charge is -2.07. The summed E-state index contributed by atoms with van der Waals surface area (Å²) in [6, 6.07) is 1.31. The highest BCUT2D eigenvalue weighted by Gasteiger charge is 2.18. The number of sulfonamides is 1. The van der Waals surface area contributed by atoms with Gasteiger partial charge in [0.25, 0.3) is 0 Å². The molecule has 0 saturated heterocycles. The molecule has 1 aromatic rings. The molecule has 0 amide bonds. The first-order valence-corrected chi connectivity index (χ1v) is 6.55. The van der Waals surface area contributed by atoms with Crippen molar-refractivity contribution in [3.8, 4) is 5.88 Å². The molecule has 0 aliphatic carbocycles. The largest absolute Gasteiger partial charge is 0.481 e. The third-order valence-corrected chi connectivity index (χ3v) is 2.97. The number of halogens is 1. The number of methoxy groups -OCH3 is 2. The van der Waals surface area contributed by atoms with Crippen LogP contribution >= 0.6 is 11.6 Å². The zero-order valence-electron chi connectivity index (χ0n) is 9.51. The summed E-state index contributed by atoms with van der Waals surface area (Å²) in [5, 5.41) is -0.00221. The lowest BCUT2D eigenvalue weighted by atomic mass is 10.6. The van der Waals surface area contributed by atoms with Gasteiger partial charge in [0, 0.05) is 6.07 Å². The molecule has 0 bridgehead atoms. The smallest absolute Gasteiger partial charge is 0.322 e. The fraction of sp³-hybridized carbons (Fsp3) is 0.375. The Morgan fingerprint density at radius 2 is 2.11 bits per heavy atom. The molecule has 0 aromatic carbocycles. The van der Waals surface area contributed by atoms with Crippen molar-refractivity contribution in [3.05, 3.63) is 11.2 Å². The molecule has 0 spiro atoms. The highest BCUT2D eigenvalue weighted by atomic mass is 35.5. The number of nitrogens with one attached hydrogen (secondary N) is 1. The van der Waals surface area contributed by atoms with Gasteiger partial charge in [0.1, 0.15) is 5.15 Å². The van der Waals surface area contributed by atoms with Gasteiger partial charge < -0.3 is 9.47 Å². The van der Waals surface area contributed by atoms with Crippen molar-refractivity contribution >= 4 is 33.5 Å². The lowest BCUT2D eigenvalue weighted by molar-refractivity contribution is -0.137. The number of anilines is 1. The fourth-order valence-electron chi connectivity index (χ4n) is 0.936. The monoisotopic (exact) mass is 295 g/mol. The number of carbonyl (C=O) groups is 1. The van der Waals surface area contributed by atoms with Crippen LogP contribution in [0.1, 0.15) is 0 Å². The van der Waals surface area contributed by atoms with Gasteiger partial charge in [-0.05, 0) is 0 Å². The number of nitrogens with zero attached hydrogens (tertiary/aromatic N) is 2. The summed E-state index contributed by atoms with van der Waals surface area (Å²) >= 11 is 5.63. The summed E-state index contributed by atoms with van der Waals surface area (Å²) in [6.07, 6.45) is 0. The molecule has 1 aromatic heterocycles. The molecule has 0 atom stereocenters. The van der Waals surface area contributed by atoms with Crippen LogP contribution in [0.3, 0.4) is 0 Å².